The van der Waals surface area contributed by atoms with Gasteiger partial charge in [-0.2, -0.15) is 15.3 Å². The van der Waals surface area contributed by atoms with Crippen LogP contribution in [0.4, 0.5) is 17.5 Å². The van der Waals surface area contributed by atoms with Crippen molar-refractivity contribution >= 4 is 85.4 Å². The number of carbonyl (C=O) groups is 3. The molecule has 0 radical (unpaired) electrons. The maximum absolute atomic E-state index is 12.1. The van der Waals surface area contributed by atoms with Crippen LogP contribution in [0.15, 0.2) is 276 Å². The Morgan fingerprint density at radius 1 is 0.424 bits per heavy atom. The summed E-state index contributed by atoms with van der Waals surface area (Å²) < 4.78 is 22.7. The van der Waals surface area contributed by atoms with E-state index in [1.165, 1.54) is 42.1 Å². The van der Waals surface area contributed by atoms with Crippen molar-refractivity contribution < 1.29 is 28.6 Å². The molecular formula is C75H60N18O6. The second-order valence-corrected chi connectivity index (χ2v) is 22.0. The van der Waals surface area contributed by atoms with Gasteiger partial charge in [0.1, 0.15) is 88.0 Å². The van der Waals surface area contributed by atoms with Gasteiger partial charge in [-0.1, -0.05) is 86.5 Å². The Labute approximate surface area is 566 Å². The number of amides is 3. The Morgan fingerprint density at radius 2 is 0.818 bits per heavy atom. The van der Waals surface area contributed by atoms with Crippen molar-refractivity contribution in [2.45, 2.75) is 6.42 Å². The second-order valence-electron chi connectivity index (χ2n) is 22.0. The lowest BCUT2D eigenvalue weighted by atomic mass is 10.1. The fourth-order valence-corrected chi connectivity index (χ4v) is 10.8. The lowest BCUT2D eigenvalue weighted by molar-refractivity contribution is -0.123. The molecule has 0 atom stereocenters. The van der Waals surface area contributed by atoms with Crippen LogP contribution in [0.25, 0.3) is 84.0 Å². The van der Waals surface area contributed by atoms with Crippen LogP contribution in [0, 0.1) is 0 Å². The quantitative estimate of drug-likeness (QED) is 0.0803. The first-order valence-electron chi connectivity index (χ1n) is 30.8. The number of allylic oxidation sites excluding steroid dienone is 6. The van der Waals surface area contributed by atoms with Crippen LogP contribution >= 0.6 is 0 Å². The first kappa shape index (κ1) is 63.6. The fourth-order valence-electron chi connectivity index (χ4n) is 10.8. The average Bonchev–Trinajstić information content (AvgIpc) is 1.63. The number of ether oxygens (including phenoxy) is 3. The minimum atomic E-state index is -0.233. The Hall–Kier alpha value is -14.2. The molecule has 99 heavy (non-hydrogen) atoms. The van der Waals surface area contributed by atoms with Crippen LogP contribution in [-0.4, -0.2) is 105 Å². The number of aromatic nitrogens is 12. The van der Waals surface area contributed by atoms with Gasteiger partial charge >= 0.3 is 0 Å². The highest BCUT2D eigenvalue weighted by Gasteiger charge is 2.25. The SMILES string of the molecule is C=CC(=O)N1C=C(n2nc(-c3ccc(Oc4ccccc4)cc3)c3c(N)ncnc32)C=CC1.C=CC(=O)N1C=CC=C(n2nc(-c3ccc(Oc4ccccc4)cc3)c3c(N)ncnc32)C1.C=CC(=O)N1C=CCC(n2nc(-c3ccc(Oc4ccccc4)cc3)c3c(N)ncnc32)=C1. The maximum atomic E-state index is 12.1. The Bertz CT molecular complexity index is 5250. The summed E-state index contributed by atoms with van der Waals surface area (Å²) in [7, 11) is 0. The molecule has 0 saturated carbocycles. The minimum Gasteiger partial charge on any atom is -0.457 e. The van der Waals surface area contributed by atoms with E-state index in [1.807, 2.05) is 188 Å². The molecule has 3 amide bonds. The van der Waals surface area contributed by atoms with E-state index in [0.717, 1.165) is 45.3 Å². The number of nitrogen functional groups attached to an aromatic ring is 3. The van der Waals surface area contributed by atoms with Crippen LogP contribution in [-0.2, 0) is 14.4 Å². The number of nitrogens with two attached hydrogens (primary N) is 3. The molecule has 0 aliphatic carbocycles. The Balaban J connectivity index is 0.000000133. The first-order valence-corrected chi connectivity index (χ1v) is 30.8. The highest BCUT2D eigenvalue weighted by Crippen LogP contribution is 2.38. The number of hydrogen-bond donors (Lipinski definition) is 3. The van der Waals surface area contributed by atoms with Gasteiger partial charge in [0.2, 0.25) is 11.8 Å². The first-order chi connectivity index (χ1) is 48.4. The van der Waals surface area contributed by atoms with E-state index in [9.17, 15) is 14.4 Å². The number of carbonyl (C=O) groups excluding carboxylic acids is 3. The van der Waals surface area contributed by atoms with Gasteiger partial charge in [0.15, 0.2) is 16.9 Å². The zero-order chi connectivity index (χ0) is 68.4. The van der Waals surface area contributed by atoms with Gasteiger partial charge in [-0.15, -0.1) is 0 Å². The monoisotopic (exact) mass is 1310 g/mol. The lowest BCUT2D eigenvalue weighted by Crippen LogP contribution is -2.28. The molecule has 0 fully saturated rings. The molecule has 6 aromatic heterocycles. The molecule has 3 aliphatic heterocycles. The highest BCUT2D eigenvalue weighted by atomic mass is 16.5. The summed E-state index contributed by atoms with van der Waals surface area (Å²) >= 11 is 0. The van der Waals surface area contributed by atoms with E-state index < -0.39 is 0 Å². The lowest BCUT2D eigenvalue weighted by Gasteiger charge is -2.21. The summed E-state index contributed by atoms with van der Waals surface area (Å²) in [6, 6.07) is 51.5. The molecule has 15 rings (SSSR count). The molecule has 9 heterocycles. The standard InChI is InChI=1S/3C25H20N6O2/c3*1-2-21(32)30-14-6-7-18(15-30)31-25-22(24(26)27-16-28-25)23(29-31)17-10-12-20(13-11-17)33-19-8-4-3-5-9-19/h2-6,8-16H,1,7H2,(H2,26,27,28);2-13,15-16H,1,14H2,(H2,26,27,28);2-14,16H,1,15H2,(H2,26,27,28). The number of benzene rings is 6. The molecular weight excluding hydrogens is 1250 g/mol. The normalized spacial score (nSPS) is 13.1. The van der Waals surface area contributed by atoms with Gasteiger partial charge in [0, 0.05) is 54.5 Å². The van der Waals surface area contributed by atoms with Gasteiger partial charge in [0.25, 0.3) is 5.91 Å². The number of nitrogens with zero attached hydrogens (tertiary/aromatic N) is 15. The summed E-state index contributed by atoms with van der Waals surface area (Å²) in [6.45, 7) is 11.4. The summed E-state index contributed by atoms with van der Waals surface area (Å²) in [5.74, 6) is 4.74. The number of para-hydroxylation sites is 3. The van der Waals surface area contributed by atoms with E-state index in [1.54, 1.807) is 54.7 Å². The molecule has 12 aromatic rings. The van der Waals surface area contributed by atoms with Gasteiger partial charge in [0.05, 0.1) is 39.8 Å². The summed E-state index contributed by atoms with van der Waals surface area (Å²) in [4.78, 5) is 66.6. The third-order valence-electron chi connectivity index (χ3n) is 15.6. The van der Waals surface area contributed by atoms with Gasteiger partial charge < -0.3 is 41.2 Å². The molecule has 0 saturated heterocycles. The van der Waals surface area contributed by atoms with Crippen LogP contribution in [0.5, 0.6) is 34.5 Å². The number of hydrogen-bond acceptors (Lipinski definition) is 18. The largest absolute Gasteiger partial charge is 0.457 e. The van der Waals surface area contributed by atoms with E-state index in [2.05, 4.69) is 49.6 Å². The fraction of sp³-hybridized carbons (Fsp3) is 0.0400. The van der Waals surface area contributed by atoms with Crippen molar-refractivity contribution in [2.75, 3.05) is 30.3 Å². The predicted molar refractivity (Wildman–Crippen MR) is 381 cm³/mol. The van der Waals surface area contributed by atoms with Gasteiger partial charge in [-0.05, 0) is 146 Å². The zero-order valence-corrected chi connectivity index (χ0v) is 52.9. The van der Waals surface area contributed by atoms with Crippen LogP contribution in [0.1, 0.15) is 6.42 Å². The molecule has 6 N–H and O–H groups in total. The molecule has 0 spiro atoms. The van der Waals surface area contributed by atoms with Crippen molar-refractivity contribution in [2.24, 2.45) is 0 Å². The predicted octanol–water partition coefficient (Wildman–Crippen LogP) is 13.1. The van der Waals surface area contributed by atoms with Gasteiger partial charge in [-0.3, -0.25) is 19.3 Å². The molecule has 3 aliphatic rings. The number of rotatable bonds is 15. The van der Waals surface area contributed by atoms with Crippen LogP contribution in [0.3, 0.4) is 0 Å². The molecule has 24 nitrogen and oxygen atoms in total. The van der Waals surface area contributed by atoms with Crippen LogP contribution < -0.4 is 31.4 Å². The van der Waals surface area contributed by atoms with Crippen molar-refractivity contribution in [1.82, 2.24) is 73.9 Å². The van der Waals surface area contributed by atoms with Crippen molar-refractivity contribution in [3.05, 3.63) is 276 Å². The third kappa shape index (κ3) is 13.8. The Morgan fingerprint density at radius 3 is 1.25 bits per heavy atom. The minimum absolute atomic E-state index is 0.198. The third-order valence-corrected chi connectivity index (χ3v) is 15.6. The summed E-state index contributed by atoms with van der Waals surface area (Å²) in [5, 5.41) is 16.3. The molecule has 0 unspecified atom stereocenters. The maximum Gasteiger partial charge on any atom is 0.254 e. The van der Waals surface area contributed by atoms with Crippen molar-refractivity contribution in [1.29, 1.82) is 0 Å². The molecule has 6 aromatic carbocycles. The molecule has 0 bridgehead atoms. The van der Waals surface area contributed by atoms with Crippen LogP contribution in [0.2, 0.25) is 0 Å². The topological polar surface area (TPSA) is 297 Å². The summed E-state index contributed by atoms with van der Waals surface area (Å²) in [6.07, 6.45) is 24.8. The second kappa shape index (κ2) is 28.6. The number of fused-ring (bicyclic) bond motifs is 3. The van der Waals surface area contributed by atoms with Crippen molar-refractivity contribution in [3.63, 3.8) is 0 Å². The molecule has 24 heteroatoms. The zero-order valence-electron chi connectivity index (χ0n) is 52.9. The van der Waals surface area contributed by atoms with E-state index in [-0.39, 0.29) is 17.7 Å². The molecule has 486 valence electrons. The Kier molecular flexibility index (Phi) is 18.4. The van der Waals surface area contributed by atoms with E-state index in [4.69, 9.17) is 46.7 Å². The average molecular weight is 1310 g/mol. The summed E-state index contributed by atoms with van der Waals surface area (Å²) in [5.41, 5.74) is 27.0. The highest BCUT2D eigenvalue weighted by molar-refractivity contribution is 6.02. The number of anilines is 3. The smallest absolute Gasteiger partial charge is 0.254 e. The van der Waals surface area contributed by atoms with Crippen molar-refractivity contribution in [3.8, 4) is 68.3 Å². The van der Waals surface area contributed by atoms with E-state index >= 15 is 0 Å². The van der Waals surface area contributed by atoms with Gasteiger partial charge in [-0.25, -0.2) is 43.9 Å². The van der Waals surface area contributed by atoms with E-state index in [0.29, 0.717) is 110 Å².